The number of rotatable bonds is 5. The molecule has 2 aromatic carbocycles. The zero-order chi connectivity index (χ0) is 21.7. The SMILES string of the molecule is CC(C)(C)c1ccc2c(c1)O[C@@H](C(=O)N/N=C/C=C/c1cccc([N+](=O)[O-])c1)CO2. The van der Waals surface area contributed by atoms with Gasteiger partial charge >= 0.3 is 0 Å². The second kappa shape index (κ2) is 8.77. The Bertz CT molecular complexity index is 1010. The molecule has 1 aliphatic rings. The molecule has 2 aromatic rings. The third kappa shape index (κ3) is 5.22. The van der Waals surface area contributed by atoms with Crippen molar-refractivity contribution >= 4 is 23.9 Å². The highest BCUT2D eigenvalue weighted by molar-refractivity contribution is 5.84. The minimum Gasteiger partial charge on any atom is -0.485 e. The van der Waals surface area contributed by atoms with Crippen molar-refractivity contribution in [1.29, 1.82) is 0 Å². The maximum absolute atomic E-state index is 12.3. The summed E-state index contributed by atoms with van der Waals surface area (Å²) in [6.45, 7) is 6.38. The molecule has 156 valence electrons. The van der Waals surface area contributed by atoms with Gasteiger partial charge in [-0.1, -0.05) is 45.0 Å². The van der Waals surface area contributed by atoms with Gasteiger partial charge in [-0.2, -0.15) is 5.10 Å². The van der Waals surface area contributed by atoms with Gasteiger partial charge in [0.15, 0.2) is 11.5 Å². The highest BCUT2D eigenvalue weighted by Gasteiger charge is 2.28. The Morgan fingerprint density at radius 2 is 2.03 bits per heavy atom. The van der Waals surface area contributed by atoms with Crippen LogP contribution in [0.1, 0.15) is 31.9 Å². The molecule has 0 saturated carbocycles. The predicted octanol–water partition coefficient (Wildman–Crippen LogP) is 3.85. The predicted molar refractivity (Wildman–Crippen MR) is 114 cm³/mol. The molecule has 0 aliphatic carbocycles. The second-order valence-electron chi connectivity index (χ2n) is 7.79. The molecular formula is C22H23N3O5. The van der Waals surface area contributed by atoms with Gasteiger partial charge in [-0.3, -0.25) is 14.9 Å². The van der Waals surface area contributed by atoms with Crippen LogP contribution in [0.25, 0.3) is 6.08 Å². The molecular weight excluding hydrogens is 386 g/mol. The number of ether oxygens (including phenoxy) is 2. The summed E-state index contributed by atoms with van der Waals surface area (Å²) in [4.78, 5) is 22.6. The number of allylic oxidation sites excluding steroid dienone is 1. The van der Waals surface area contributed by atoms with Gasteiger partial charge in [0, 0.05) is 18.3 Å². The van der Waals surface area contributed by atoms with E-state index in [0.717, 1.165) is 5.56 Å². The lowest BCUT2D eigenvalue weighted by atomic mass is 9.87. The summed E-state index contributed by atoms with van der Waals surface area (Å²) in [7, 11) is 0. The highest BCUT2D eigenvalue weighted by Crippen LogP contribution is 2.36. The number of hydrogen-bond acceptors (Lipinski definition) is 6. The van der Waals surface area contributed by atoms with Gasteiger partial charge in [0.2, 0.25) is 6.10 Å². The largest absolute Gasteiger partial charge is 0.485 e. The molecule has 30 heavy (non-hydrogen) atoms. The zero-order valence-electron chi connectivity index (χ0n) is 17.0. The standard InChI is InChI=1S/C22H23N3O5/c1-22(2,3)16-9-10-18-19(13-16)30-20(14-29-18)21(26)24-23-11-5-7-15-6-4-8-17(12-15)25(27)28/h4-13,20H,14H2,1-3H3,(H,24,26)/b7-5+,23-11+/t20-/m1/s1. The first-order chi connectivity index (χ1) is 14.2. The average Bonchev–Trinajstić information content (AvgIpc) is 2.72. The number of hydrazone groups is 1. The van der Waals surface area contributed by atoms with Crippen molar-refractivity contribution in [3.05, 3.63) is 69.8 Å². The van der Waals surface area contributed by atoms with E-state index in [0.29, 0.717) is 17.1 Å². The van der Waals surface area contributed by atoms with Crippen molar-refractivity contribution in [1.82, 2.24) is 5.43 Å². The highest BCUT2D eigenvalue weighted by atomic mass is 16.6. The lowest BCUT2D eigenvalue weighted by Crippen LogP contribution is -2.42. The van der Waals surface area contributed by atoms with Crippen molar-refractivity contribution in [2.75, 3.05) is 6.61 Å². The van der Waals surface area contributed by atoms with Crippen molar-refractivity contribution in [3.8, 4) is 11.5 Å². The topological polar surface area (TPSA) is 103 Å². The van der Waals surface area contributed by atoms with Crippen molar-refractivity contribution in [2.24, 2.45) is 5.10 Å². The first kappa shape index (κ1) is 21.0. The number of amides is 1. The minimum absolute atomic E-state index is 0.00624. The molecule has 1 N–H and O–H groups in total. The molecule has 0 unspecified atom stereocenters. The summed E-state index contributed by atoms with van der Waals surface area (Å²) in [5.74, 6) is 0.709. The molecule has 1 heterocycles. The molecule has 0 fully saturated rings. The molecule has 8 heteroatoms. The van der Waals surface area contributed by atoms with Gasteiger partial charge in [-0.15, -0.1) is 0 Å². The lowest BCUT2D eigenvalue weighted by Gasteiger charge is -2.27. The van der Waals surface area contributed by atoms with Crippen molar-refractivity contribution in [3.63, 3.8) is 0 Å². The number of nitrogens with zero attached hydrogens (tertiary/aromatic N) is 2. The van der Waals surface area contributed by atoms with E-state index in [4.69, 9.17) is 9.47 Å². The van der Waals surface area contributed by atoms with Crippen LogP contribution in [0.4, 0.5) is 5.69 Å². The number of nitrogens with one attached hydrogen (secondary N) is 1. The fraction of sp³-hybridized carbons (Fsp3) is 0.273. The van der Waals surface area contributed by atoms with Crippen LogP contribution >= 0.6 is 0 Å². The fourth-order valence-corrected chi connectivity index (χ4v) is 2.78. The van der Waals surface area contributed by atoms with Crippen LogP contribution in [0.15, 0.2) is 53.6 Å². The number of carbonyl (C=O) groups is 1. The number of benzene rings is 2. The van der Waals surface area contributed by atoms with E-state index in [2.05, 4.69) is 31.3 Å². The fourth-order valence-electron chi connectivity index (χ4n) is 2.78. The smallest absolute Gasteiger partial charge is 0.284 e. The van der Waals surface area contributed by atoms with E-state index >= 15 is 0 Å². The molecule has 1 amide bonds. The third-order valence-corrected chi connectivity index (χ3v) is 4.47. The normalized spacial score (nSPS) is 16.0. The molecule has 3 rings (SSSR count). The second-order valence-corrected chi connectivity index (χ2v) is 7.79. The van der Waals surface area contributed by atoms with Crippen LogP contribution in [0.3, 0.4) is 0 Å². The Morgan fingerprint density at radius 1 is 1.23 bits per heavy atom. The number of nitro benzene ring substituents is 1. The average molecular weight is 409 g/mol. The summed E-state index contributed by atoms with van der Waals surface area (Å²) >= 11 is 0. The van der Waals surface area contributed by atoms with Crippen LogP contribution in [0.2, 0.25) is 0 Å². The molecule has 8 nitrogen and oxygen atoms in total. The van der Waals surface area contributed by atoms with Gasteiger partial charge in [0.1, 0.15) is 6.61 Å². The summed E-state index contributed by atoms with van der Waals surface area (Å²) in [6.07, 6.45) is 3.78. The monoisotopic (exact) mass is 409 g/mol. The van der Waals surface area contributed by atoms with E-state index in [1.165, 1.54) is 18.3 Å². The Hall–Kier alpha value is -3.68. The van der Waals surface area contributed by atoms with E-state index in [-0.39, 0.29) is 17.7 Å². The first-order valence-electron chi connectivity index (χ1n) is 9.42. The van der Waals surface area contributed by atoms with Crippen LogP contribution < -0.4 is 14.9 Å². The van der Waals surface area contributed by atoms with Crippen LogP contribution in [-0.2, 0) is 10.2 Å². The third-order valence-electron chi connectivity index (χ3n) is 4.47. The van der Waals surface area contributed by atoms with Crippen molar-refractivity contribution in [2.45, 2.75) is 32.3 Å². The summed E-state index contributed by atoms with van der Waals surface area (Å²) in [6, 6.07) is 11.9. The van der Waals surface area contributed by atoms with Crippen LogP contribution in [0.5, 0.6) is 11.5 Å². The summed E-state index contributed by atoms with van der Waals surface area (Å²) in [5, 5.41) is 14.6. The maximum atomic E-state index is 12.3. The van der Waals surface area contributed by atoms with E-state index in [1.807, 2.05) is 18.2 Å². The Labute approximate surface area is 174 Å². The van der Waals surface area contributed by atoms with Gasteiger partial charge < -0.3 is 9.47 Å². The quantitative estimate of drug-likeness (QED) is 0.459. The van der Waals surface area contributed by atoms with E-state index in [1.54, 1.807) is 24.3 Å². The Morgan fingerprint density at radius 3 is 2.77 bits per heavy atom. The van der Waals surface area contributed by atoms with E-state index in [9.17, 15) is 14.9 Å². The van der Waals surface area contributed by atoms with Gasteiger partial charge in [-0.25, -0.2) is 5.43 Å². The minimum atomic E-state index is -0.814. The number of hydrogen-bond donors (Lipinski definition) is 1. The molecule has 0 bridgehead atoms. The van der Waals surface area contributed by atoms with E-state index < -0.39 is 16.9 Å². The molecule has 0 saturated heterocycles. The van der Waals surface area contributed by atoms with Gasteiger partial charge in [0.25, 0.3) is 11.6 Å². The molecule has 1 aliphatic heterocycles. The number of carbonyl (C=O) groups excluding carboxylic acids is 1. The summed E-state index contributed by atoms with van der Waals surface area (Å²) < 4.78 is 11.4. The van der Waals surface area contributed by atoms with Crippen LogP contribution in [0, 0.1) is 10.1 Å². The van der Waals surface area contributed by atoms with Gasteiger partial charge in [-0.05, 0) is 34.8 Å². The van der Waals surface area contributed by atoms with Gasteiger partial charge in [0.05, 0.1) is 4.92 Å². The Kier molecular flexibility index (Phi) is 6.15. The lowest BCUT2D eigenvalue weighted by molar-refractivity contribution is -0.384. The Balaban J connectivity index is 1.57. The number of nitro groups is 1. The molecule has 0 radical (unpaired) electrons. The van der Waals surface area contributed by atoms with Crippen molar-refractivity contribution < 1.29 is 19.2 Å². The van der Waals surface area contributed by atoms with Crippen LogP contribution in [-0.4, -0.2) is 29.8 Å². The molecule has 0 aromatic heterocycles. The first-order valence-corrected chi connectivity index (χ1v) is 9.42. The molecule has 1 atom stereocenters. The zero-order valence-corrected chi connectivity index (χ0v) is 17.0. The number of fused-ring (bicyclic) bond motifs is 1. The molecule has 0 spiro atoms. The number of non-ortho nitro benzene ring substituents is 1. The summed E-state index contributed by atoms with van der Waals surface area (Å²) in [5.41, 5.74) is 4.09. The maximum Gasteiger partial charge on any atom is 0.284 e.